The van der Waals surface area contributed by atoms with E-state index in [-0.39, 0.29) is 0 Å². The number of hydrogen-bond acceptors (Lipinski definition) is 3. The van der Waals surface area contributed by atoms with Crippen LogP contribution in [-0.4, -0.2) is 30.0 Å². The van der Waals surface area contributed by atoms with Gasteiger partial charge >= 0.3 is 0 Å². The number of unbranched alkanes of at least 4 members (excludes halogenated alkanes) is 4. The highest BCUT2D eigenvalue weighted by Gasteiger charge is 2.19. The van der Waals surface area contributed by atoms with Crippen molar-refractivity contribution in [2.24, 2.45) is 0 Å². The molecular weight excluding hydrogens is 330 g/mol. The smallest absolute Gasteiger partial charge is 0.0696 e. The predicted molar refractivity (Wildman–Crippen MR) is 91.6 cm³/mol. The van der Waals surface area contributed by atoms with E-state index in [1.807, 2.05) is 6.20 Å². The molecule has 21 heavy (non-hydrogen) atoms. The third-order valence-electron chi connectivity index (χ3n) is 3.72. The zero-order chi connectivity index (χ0) is 15.5. The van der Waals surface area contributed by atoms with Crippen molar-refractivity contribution in [3.8, 4) is 0 Å². The molecule has 0 aromatic carbocycles. The lowest BCUT2D eigenvalue weighted by atomic mass is 10.0. The Labute approximate surface area is 137 Å². The predicted octanol–water partition coefficient (Wildman–Crippen LogP) is 4.30. The molecule has 122 valence electrons. The van der Waals surface area contributed by atoms with E-state index in [4.69, 9.17) is 4.74 Å². The molecule has 1 aromatic rings. The molecule has 4 nitrogen and oxygen atoms in total. The van der Waals surface area contributed by atoms with Gasteiger partial charge < -0.3 is 10.1 Å². The average Bonchev–Trinajstić information content (AvgIpc) is 2.84. The van der Waals surface area contributed by atoms with Crippen LogP contribution in [0.2, 0.25) is 0 Å². The molecule has 0 spiro atoms. The van der Waals surface area contributed by atoms with E-state index >= 15 is 0 Å². The first-order valence-electron chi connectivity index (χ1n) is 8.18. The summed E-state index contributed by atoms with van der Waals surface area (Å²) in [6.45, 7) is 6.88. The van der Waals surface area contributed by atoms with Gasteiger partial charge in [-0.3, -0.25) is 4.68 Å². The minimum Gasteiger partial charge on any atom is -0.383 e. The van der Waals surface area contributed by atoms with Gasteiger partial charge in [0.05, 0.1) is 35.6 Å². The fraction of sp³-hybridized carbons (Fsp3) is 0.812. The average molecular weight is 360 g/mol. The number of ether oxygens (including phenoxy) is 1. The summed E-state index contributed by atoms with van der Waals surface area (Å²) in [5.41, 5.74) is 1.25. The Morgan fingerprint density at radius 3 is 2.71 bits per heavy atom. The van der Waals surface area contributed by atoms with Crippen molar-refractivity contribution >= 4 is 15.9 Å². The van der Waals surface area contributed by atoms with E-state index < -0.39 is 0 Å². The Morgan fingerprint density at radius 1 is 1.29 bits per heavy atom. The van der Waals surface area contributed by atoms with Gasteiger partial charge in [0, 0.05) is 7.11 Å². The lowest BCUT2D eigenvalue weighted by Gasteiger charge is -2.20. The minimum atomic E-state index is 0.366. The van der Waals surface area contributed by atoms with Crippen molar-refractivity contribution < 1.29 is 4.74 Å². The molecule has 1 heterocycles. The second kappa shape index (κ2) is 11.2. The number of halogens is 1. The highest BCUT2D eigenvalue weighted by molar-refractivity contribution is 9.10. The van der Waals surface area contributed by atoms with Crippen LogP contribution < -0.4 is 5.32 Å². The highest BCUT2D eigenvalue weighted by Crippen LogP contribution is 2.27. The van der Waals surface area contributed by atoms with Crippen molar-refractivity contribution in [3.63, 3.8) is 0 Å². The highest BCUT2D eigenvalue weighted by atomic mass is 79.9. The standard InChI is InChI=1S/C16H30BrN3O/c1-4-6-7-8-9-10-15(18-5-2)16-14(17)13-19-20(16)11-12-21-3/h13,15,18H,4-12H2,1-3H3. The summed E-state index contributed by atoms with van der Waals surface area (Å²) in [6, 6.07) is 0.366. The van der Waals surface area contributed by atoms with Crippen molar-refractivity contribution in [1.82, 2.24) is 15.1 Å². The Kier molecular flexibility index (Phi) is 9.96. The molecule has 1 unspecified atom stereocenters. The van der Waals surface area contributed by atoms with Crippen LogP contribution in [0.4, 0.5) is 0 Å². The van der Waals surface area contributed by atoms with Crippen LogP contribution in [0.15, 0.2) is 10.7 Å². The van der Waals surface area contributed by atoms with Crippen LogP contribution in [0.1, 0.15) is 64.1 Å². The topological polar surface area (TPSA) is 39.1 Å². The van der Waals surface area contributed by atoms with Gasteiger partial charge in [0.25, 0.3) is 0 Å². The van der Waals surface area contributed by atoms with Crippen LogP contribution in [0.5, 0.6) is 0 Å². The third-order valence-corrected chi connectivity index (χ3v) is 4.33. The Balaban J connectivity index is 2.63. The summed E-state index contributed by atoms with van der Waals surface area (Å²) >= 11 is 3.65. The maximum absolute atomic E-state index is 5.18. The Morgan fingerprint density at radius 2 is 2.05 bits per heavy atom. The Hall–Kier alpha value is -0.390. The van der Waals surface area contributed by atoms with Gasteiger partial charge in [-0.1, -0.05) is 46.0 Å². The van der Waals surface area contributed by atoms with E-state index in [0.29, 0.717) is 12.6 Å². The van der Waals surface area contributed by atoms with Crippen LogP contribution in [0, 0.1) is 0 Å². The van der Waals surface area contributed by atoms with E-state index in [0.717, 1.165) is 24.0 Å². The maximum atomic E-state index is 5.18. The summed E-state index contributed by atoms with van der Waals surface area (Å²) in [5.74, 6) is 0. The minimum absolute atomic E-state index is 0.366. The molecule has 0 fully saturated rings. The summed E-state index contributed by atoms with van der Waals surface area (Å²) in [5, 5.41) is 8.07. The molecule has 0 aliphatic rings. The summed E-state index contributed by atoms with van der Waals surface area (Å²) < 4.78 is 8.34. The molecule has 5 heteroatoms. The second-order valence-electron chi connectivity index (χ2n) is 5.41. The van der Waals surface area contributed by atoms with Gasteiger partial charge in [-0.05, 0) is 28.9 Å². The first-order chi connectivity index (χ1) is 10.2. The third kappa shape index (κ3) is 6.49. The molecule has 0 aliphatic carbocycles. The lowest BCUT2D eigenvalue weighted by molar-refractivity contribution is 0.181. The number of rotatable bonds is 12. The Bertz CT molecular complexity index is 382. The molecule has 1 atom stereocenters. The molecule has 0 radical (unpaired) electrons. The summed E-state index contributed by atoms with van der Waals surface area (Å²) in [7, 11) is 1.73. The number of nitrogens with one attached hydrogen (secondary N) is 1. The monoisotopic (exact) mass is 359 g/mol. The van der Waals surface area contributed by atoms with Crippen LogP contribution in [-0.2, 0) is 11.3 Å². The maximum Gasteiger partial charge on any atom is 0.0696 e. The quantitative estimate of drug-likeness (QED) is 0.565. The molecule has 1 N–H and O–H groups in total. The first-order valence-corrected chi connectivity index (χ1v) is 8.97. The van der Waals surface area contributed by atoms with Crippen molar-refractivity contribution in [2.75, 3.05) is 20.3 Å². The zero-order valence-corrected chi connectivity index (χ0v) is 15.3. The number of methoxy groups -OCH3 is 1. The fourth-order valence-electron chi connectivity index (χ4n) is 2.61. The van der Waals surface area contributed by atoms with E-state index in [1.54, 1.807) is 7.11 Å². The van der Waals surface area contributed by atoms with Crippen molar-refractivity contribution in [3.05, 3.63) is 16.4 Å². The van der Waals surface area contributed by atoms with E-state index in [9.17, 15) is 0 Å². The van der Waals surface area contributed by atoms with Gasteiger partial charge in [0.1, 0.15) is 0 Å². The molecule has 0 bridgehead atoms. The van der Waals surface area contributed by atoms with Crippen LogP contribution in [0.3, 0.4) is 0 Å². The summed E-state index contributed by atoms with van der Waals surface area (Å²) in [6.07, 6.45) is 9.63. The normalized spacial score (nSPS) is 12.8. The van der Waals surface area contributed by atoms with Crippen LogP contribution in [0.25, 0.3) is 0 Å². The van der Waals surface area contributed by atoms with Crippen molar-refractivity contribution in [2.45, 2.75) is 65.0 Å². The van der Waals surface area contributed by atoms with Gasteiger partial charge in [-0.25, -0.2) is 0 Å². The molecule has 1 aromatic heterocycles. The van der Waals surface area contributed by atoms with Crippen molar-refractivity contribution in [1.29, 1.82) is 0 Å². The van der Waals surface area contributed by atoms with Gasteiger partial charge in [0.15, 0.2) is 0 Å². The molecule has 0 amide bonds. The lowest BCUT2D eigenvalue weighted by Crippen LogP contribution is -2.25. The van der Waals surface area contributed by atoms with E-state index in [2.05, 4.69) is 44.9 Å². The first kappa shape index (κ1) is 18.7. The zero-order valence-electron chi connectivity index (χ0n) is 13.7. The molecule has 0 aliphatic heterocycles. The number of aromatic nitrogens is 2. The molecule has 0 saturated heterocycles. The number of nitrogens with zero attached hydrogens (tertiary/aromatic N) is 2. The van der Waals surface area contributed by atoms with Crippen LogP contribution >= 0.6 is 15.9 Å². The van der Waals surface area contributed by atoms with Gasteiger partial charge in [-0.15, -0.1) is 0 Å². The summed E-state index contributed by atoms with van der Waals surface area (Å²) in [4.78, 5) is 0. The second-order valence-corrected chi connectivity index (χ2v) is 6.26. The number of hydrogen-bond donors (Lipinski definition) is 1. The van der Waals surface area contributed by atoms with Gasteiger partial charge in [-0.2, -0.15) is 5.10 Å². The van der Waals surface area contributed by atoms with E-state index in [1.165, 1.54) is 37.8 Å². The molecule has 1 rings (SSSR count). The molecule has 0 saturated carbocycles. The largest absolute Gasteiger partial charge is 0.383 e. The SMILES string of the molecule is CCCCCCCC(NCC)c1c(Br)cnn1CCOC. The molecular formula is C16H30BrN3O. The fourth-order valence-corrected chi connectivity index (χ4v) is 3.18. The van der Waals surface area contributed by atoms with Gasteiger partial charge in [0.2, 0.25) is 0 Å².